The van der Waals surface area contributed by atoms with E-state index in [0.29, 0.717) is 13.0 Å². The van der Waals surface area contributed by atoms with Crippen molar-refractivity contribution in [3.63, 3.8) is 0 Å². The van der Waals surface area contributed by atoms with E-state index in [-0.39, 0.29) is 17.7 Å². The molecule has 0 spiro atoms. The van der Waals surface area contributed by atoms with Gasteiger partial charge in [0.2, 0.25) is 0 Å². The molecule has 0 unspecified atom stereocenters. The predicted octanol–water partition coefficient (Wildman–Crippen LogP) is 3.21. The van der Waals surface area contributed by atoms with Crippen molar-refractivity contribution in [1.29, 1.82) is 0 Å². The molecule has 0 N–H and O–H groups in total. The Labute approximate surface area is 121 Å². The molecule has 0 fully saturated rings. The summed E-state index contributed by atoms with van der Waals surface area (Å²) in [5.74, 6) is -0.277. The highest BCUT2D eigenvalue weighted by atomic mass is 32.1. The number of rotatable bonds is 8. The normalized spacial score (nSPS) is 9.11. The standard InChI is InChI=1S/C7H14O2S.C5H10O2S/c1-2-3-4-5-9-7(8)6-10;1-2-3-4-5(6)7-8/h10H,2-6H2,1H3;8H,2-4H2,1H3. The number of carbonyl (C=O) groups is 2. The van der Waals surface area contributed by atoms with Gasteiger partial charge in [0.05, 0.1) is 12.4 Å². The van der Waals surface area contributed by atoms with Gasteiger partial charge in [-0.3, -0.25) is 9.59 Å². The molecule has 4 nitrogen and oxygen atoms in total. The Kier molecular flexibility index (Phi) is 18.5. The maximum Gasteiger partial charge on any atom is 0.317 e. The minimum absolute atomic E-state index is 0.187. The fraction of sp³-hybridized carbons (Fsp3) is 0.833. The Morgan fingerprint density at radius 2 is 1.61 bits per heavy atom. The second-order valence-electron chi connectivity index (χ2n) is 3.65. The summed E-state index contributed by atoms with van der Waals surface area (Å²) in [7, 11) is 0. The van der Waals surface area contributed by atoms with Crippen LogP contribution in [0.2, 0.25) is 0 Å². The fourth-order valence-corrected chi connectivity index (χ4v) is 1.13. The lowest BCUT2D eigenvalue weighted by Crippen LogP contribution is -2.06. The van der Waals surface area contributed by atoms with Crippen LogP contribution in [-0.2, 0) is 18.5 Å². The minimum atomic E-state index is -0.241. The first kappa shape index (κ1) is 20.0. The molecule has 0 aromatic heterocycles. The average Bonchev–Trinajstić information content (AvgIpc) is 2.41. The Bertz CT molecular complexity index is 210. The zero-order valence-electron chi connectivity index (χ0n) is 11.2. The molecule has 0 saturated heterocycles. The molecule has 0 aromatic rings. The van der Waals surface area contributed by atoms with E-state index in [1.165, 1.54) is 0 Å². The van der Waals surface area contributed by atoms with Gasteiger partial charge in [-0.1, -0.05) is 33.1 Å². The highest BCUT2D eigenvalue weighted by Crippen LogP contribution is 1.96. The van der Waals surface area contributed by atoms with Crippen LogP contribution in [0.15, 0.2) is 0 Å². The fourth-order valence-electron chi connectivity index (χ4n) is 0.950. The molecule has 0 atom stereocenters. The molecule has 0 aliphatic carbocycles. The number of carbonyl (C=O) groups excluding carboxylic acids is 2. The molecular weight excluding hydrogens is 272 g/mol. The largest absolute Gasteiger partial charge is 0.465 e. The third-order valence-electron chi connectivity index (χ3n) is 1.98. The summed E-state index contributed by atoms with van der Waals surface area (Å²) >= 11 is 7.10. The Balaban J connectivity index is 0. The smallest absolute Gasteiger partial charge is 0.317 e. The maximum atomic E-state index is 10.5. The van der Waals surface area contributed by atoms with Gasteiger partial charge in [-0.25, -0.2) is 0 Å². The maximum absolute atomic E-state index is 10.5. The lowest BCUT2D eigenvalue weighted by Gasteiger charge is -2.00. The van der Waals surface area contributed by atoms with E-state index in [0.717, 1.165) is 32.1 Å². The summed E-state index contributed by atoms with van der Waals surface area (Å²) in [5, 5.41) is 0. The van der Waals surface area contributed by atoms with Crippen LogP contribution in [0.25, 0.3) is 0 Å². The second kappa shape index (κ2) is 16.6. The summed E-state index contributed by atoms with van der Waals surface area (Å²) in [6.07, 6.45) is 5.64. The van der Waals surface area contributed by atoms with Gasteiger partial charge in [0.1, 0.15) is 0 Å². The third-order valence-corrected chi connectivity index (χ3v) is 2.44. The van der Waals surface area contributed by atoms with Crippen molar-refractivity contribution < 1.29 is 18.5 Å². The topological polar surface area (TPSA) is 52.6 Å². The van der Waals surface area contributed by atoms with E-state index in [9.17, 15) is 9.59 Å². The van der Waals surface area contributed by atoms with E-state index in [2.05, 4.69) is 36.6 Å². The van der Waals surface area contributed by atoms with E-state index in [1.54, 1.807) is 0 Å². The SMILES string of the molecule is CCCCC(=O)OS.CCCCCOC(=O)CS. The van der Waals surface area contributed by atoms with Gasteiger partial charge in [0, 0.05) is 19.3 Å². The van der Waals surface area contributed by atoms with Crippen molar-refractivity contribution in [3.8, 4) is 0 Å². The number of esters is 1. The molecule has 0 aliphatic heterocycles. The Morgan fingerprint density at radius 1 is 1.00 bits per heavy atom. The van der Waals surface area contributed by atoms with Gasteiger partial charge < -0.3 is 8.92 Å². The van der Waals surface area contributed by atoms with Gasteiger partial charge in [-0.15, -0.1) is 0 Å². The second-order valence-corrected chi connectivity index (χ2v) is 4.15. The molecule has 18 heavy (non-hydrogen) atoms. The summed E-state index contributed by atoms with van der Waals surface area (Å²) in [6.45, 7) is 4.68. The van der Waals surface area contributed by atoms with Crippen molar-refractivity contribution in [2.24, 2.45) is 0 Å². The van der Waals surface area contributed by atoms with Gasteiger partial charge in [0.25, 0.3) is 0 Å². The molecule has 0 aromatic carbocycles. The number of hydrogen-bond acceptors (Lipinski definition) is 6. The zero-order valence-corrected chi connectivity index (χ0v) is 13.0. The Hall–Kier alpha value is -0.360. The van der Waals surface area contributed by atoms with Crippen LogP contribution in [0.3, 0.4) is 0 Å². The first-order chi connectivity index (χ1) is 8.62. The minimum Gasteiger partial charge on any atom is -0.465 e. The number of thiol groups is 2. The van der Waals surface area contributed by atoms with Crippen LogP contribution >= 0.6 is 25.5 Å². The van der Waals surface area contributed by atoms with Gasteiger partial charge >= 0.3 is 11.9 Å². The average molecular weight is 296 g/mol. The van der Waals surface area contributed by atoms with Crippen molar-refractivity contribution in [1.82, 2.24) is 0 Å². The van der Waals surface area contributed by atoms with Gasteiger partial charge in [-0.05, 0) is 12.8 Å². The van der Waals surface area contributed by atoms with E-state index in [4.69, 9.17) is 4.74 Å². The summed E-state index contributed by atoms with van der Waals surface area (Å²) < 4.78 is 8.89. The highest BCUT2D eigenvalue weighted by Gasteiger charge is 1.96. The molecule has 0 heterocycles. The number of ether oxygens (including phenoxy) is 1. The van der Waals surface area contributed by atoms with Gasteiger partial charge in [-0.2, -0.15) is 12.6 Å². The van der Waals surface area contributed by atoms with Crippen LogP contribution in [0, 0.1) is 0 Å². The lowest BCUT2D eigenvalue weighted by molar-refractivity contribution is -0.140. The van der Waals surface area contributed by atoms with Crippen LogP contribution in [0.5, 0.6) is 0 Å². The summed E-state index contributed by atoms with van der Waals surface area (Å²) in [5.41, 5.74) is 0. The molecule has 0 rings (SSSR count). The Morgan fingerprint density at radius 3 is 2.06 bits per heavy atom. The van der Waals surface area contributed by atoms with Crippen LogP contribution < -0.4 is 0 Å². The van der Waals surface area contributed by atoms with Gasteiger partial charge in [0.15, 0.2) is 0 Å². The van der Waals surface area contributed by atoms with E-state index < -0.39 is 0 Å². The molecule has 0 aliphatic rings. The molecule has 0 radical (unpaired) electrons. The molecule has 0 bridgehead atoms. The number of unbranched alkanes of at least 4 members (excludes halogenated alkanes) is 3. The summed E-state index contributed by atoms with van der Waals surface area (Å²) in [4.78, 5) is 20.7. The zero-order chi connectivity index (χ0) is 14.2. The number of hydrogen-bond donors (Lipinski definition) is 2. The van der Waals surface area contributed by atoms with Crippen LogP contribution in [-0.4, -0.2) is 24.3 Å². The van der Waals surface area contributed by atoms with Crippen molar-refractivity contribution >= 4 is 37.5 Å². The quantitative estimate of drug-likeness (QED) is 0.312. The lowest BCUT2D eigenvalue weighted by atomic mass is 10.3. The van der Waals surface area contributed by atoms with Crippen molar-refractivity contribution in [3.05, 3.63) is 0 Å². The van der Waals surface area contributed by atoms with Crippen LogP contribution in [0.4, 0.5) is 0 Å². The monoisotopic (exact) mass is 296 g/mol. The first-order valence-corrected chi connectivity index (χ1v) is 7.22. The van der Waals surface area contributed by atoms with Crippen LogP contribution in [0.1, 0.15) is 52.4 Å². The predicted molar refractivity (Wildman–Crippen MR) is 78.9 cm³/mol. The molecule has 0 amide bonds. The van der Waals surface area contributed by atoms with Crippen molar-refractivity contribution in [2.45, 2.75) is 52.4 Å². The first-order valence-electron chi connectivity index (χ1n) is 6.23. The molecule has 6 heteroatoms. The van der Waals surface area contributed by atoms with Crippen molar-refractivity contribution in [2.75, 3.05) is 12.4 Å². The molecule has 0 saturated carbocycles. The highest BCUT2D eigenvalue weighted by molar-refractivity contribution is 7.81. The van der Waals surface area contributed by atoms with E-state index in [1.807, 2.05) is 6.92 Å². The summed E-state index contributed by atoms with van der Waals surface area (Å²) in [6, 6.07) is 0. The third kappa shape index (κ3) is 18.0. The molecule has 108 valence electrons. The molecular formula is C12H24O4S2. The van der Waals surface area contributed by atoms with E-state index >= 15 is 0 Å².